The van der Waals surface area contributed by atoms with Crippen molar-refractivity contribution in [3.8, 4) is 11.5 Å². The predicted molar refractivity (Wildman–Crippen MR) is 103 cm³/mol. The van der Waals surface area contributed by atoms with Gasteiger partial charge in [0.25, 0.3) is 0 Å². The molecular formula is C19H25FNO5P. The normalized spacial score (nSPS) is 12.5. The first-order valence-electron chi connectivity index (χ1n) is 8.60. The van der Waals surface area contributed by atoms with E-state index < -0.39 is 19.2 Å². The fourth-order valence-electron chi connectivity index (χ4n) is 2.65. The van der Waals surface area contributed by atoms with Crippen molar-refractivity contribution in [3.05, 3.63) is 53.8 Å². The van der Waals surface area contributed by atoms with Crippen LogP contribution in [0.3, 0.4) is 0 Å². The lowest BCUT2D eigenvalue weighted by Crippen LogP contribution is -2.16. The van der Waals surface area contributed by atoms with E-state index in [4.69, 9.17) is 18.5 Å². The van der Waals surface area contributed by atoms with Crippen LogP contribution in [0.2, 0.25) is 0 Å². The molecule has 0 saturated heterocycles. The highest BCUT2D eigenvalue weighted by molar-refractivity contribution is 7.54. The average molecular weight is 397 g/mol. The van der Waals surface area contributed by atoms with Crippen molar-refractivity contribution < 1.29 is 27.5 Å². The highest BCUT2D eigenvalue weighted by atomic mass is 31.2. The van der Waals surface area contributed by atoms with Gasteiger partial charge in [-0.1, -0.05) is 6.07 Å². The third kappa shape index (κ3) is 5.22. The standard InChI is InChI=1S/C19H25FNO5P/c1-5-25-27(22,26-6-2)19(21-15-9-7-8-14(20)12-15)17-11-10-16(23-3)13-18(17)24-4/h7-13,19,21H,5-6H2,1-4H3. The molecule has 8 heteroatoms. The lowest BCUT2D eigenvalue weighted by atomic mass is 10.1. The lowest BCUT2D eigenvalue weighted by molar-refractivity contribution is 0.213. The van der Waals surface area contributed by atoms with E-state index in [0.29, 0.717) is 22.7 Å². The van der Waals surface area contributed by atoms with Crippen molar-refractivity contribution in [2.45, 2.75) is 19.6 Å². The Bertz CT molecular complexity index is 791. The summed E-state index contributed by atoms with van der Waals surface area (Å²) in [5.41, 5.74) is 0.991. The van der Waals surface area contributed by atoms with Crippen LogP contribution in [0.5, 0.6) is 11.5 Å². The summed E-state index contributed by atoms with van der Waals surface area (Å²) in [6, 6.07) is 11.0. The summed E-state index contributed by atoms with van der Waals surface area (Å²) in [7, 11) is -0.602. The molecule has 0 amide bonds. The molecule has 1 N–H and O–H groups in total. The van der Waals surface area contributed by atoms with Crippen LogP contribution in [-0.4, -0.2) is 27.4 Å². The van der Waals surface area contributed by atoms with E-state index in [2.05, 4.69) is 5.32 Å². The number of benzene rings is 2. The summed E-state index contributed by atoms with van der Waals surface area (Å²) < 4.78 is 48.9. The second kappa shape index (κ2) is 9.74. The molecule has 0 fully saturated rings. The summed E-state index contributed by atoms with van der Waals surface area (Å²) in [5, 5.41) is 3.08. The number of nitrogens with one attached hydrogen (secondary N) is 1. The number of rotatable bonds is 10. The molecule has 1 unspecified atom stereocenters. The van der Waals surface area contributed by atoms with E-state index in [9.17, 15) is 8.96 Å². The fraction of sp³-hybridized carbons (Fsp3) is 0.368. The van der Waals surface area contributed by atoms with Crippen molar-refractivity contribution in [1.82, 2.24) is 0 Å². The molecule has 0 aliphatic carbocycles. The zero-order valence-corrected chi connectivity index (χ0v) is 16.8. The second-order valence-corrected chi connectivity index (χ2v) is 7.65. The minimum atomic E-state index is -3.65. The Morgan fingerprint density at radius 1 is 1.04 bits per heavy atom. The molecule has 0 radical (unpaired) electrons. The molecule has 0 aromatic heterocycles. The Labute approximate surface area is 159 Å². The van der Waals surface area contributed by atoms with Crippen LogP contribution < -0.4 is 14.8 Å². The molecule has 148 valence electrons. The van der Waals surface area contributed by atoms with Gasteiger partial charge in [0.15, 0.2) is 5.78 Å². The molecule has 6 nitrogen and oxygen atoms in total. The van der Waals surface area contributed by atoms with Gasteiger partial charge in [-0.2, -0.15) is 0 Å². The Morgan fingerprint density at radius 3 is 2.30 bits per heavy atom. The molecular weight excluding hydrogens is 372 g/mol. The van der Waals surface area contributed by atoms with Crippen molar-refractivity contribution in [1.29, 1.82) is 0 Å². The smallest absolute Gasteiger partial charge is 0.357 e. The molecule has 0 aliphatic heterocycles. The molecule has 0 aliphatic rings. The molecule has 0 saturated carbocycles. The maximum atomic E-state index is 13.6. The molecule has 0 spiro atoms. The zero-order valence-electron chi connectivity index (χ0n) is 15.9. The van der Waals surface area contributed by atoms with E-state index >= 15 is 0 Å². The Hall–Kier alpha value is -2.08. The van der Waals surface area contributed by atoms with Gasteiger partial charge in [-0.05, 0) is 44.2 Å². The van der Waals surface area contributed by atoms with Crippen LogP contribution in [-0.2, 0) is 13.6 Å². The van der Waals surface area contributed by atoms with E-state index in [0.717, 1.165) is 0 Å². The SMILES string of the molecule is CCOP(=O)(OCC)C(Nc1cccc(F)c1)c1ccc(OC)cc1OC. The van der Waals surface area contributed by atoms with Crippen molar-refractivity contribution in [2.24, 2.45) is 0 Å². The summed E-state index contributed by atoms with van der Waals surface area (Å²) in [6.07, 6.45) is 0. The molecule has 0 bridgehead atoms. The van der Waals surface area contributed by atoms with E-state index in [1.165, 1.54) is 19.2 Å². The first kappa shape index (κ1) is 21.2. The van der Waals surface area contributed by atoms with E-state index in [-0.39, 0.29) is 13.2 Å². The minimum absolute atomic E-state index is 0.192. The van der Waals surface area contributed by atoms with Crippen molar-refractivity contribution >= 4 is 13.3 Å². The topological polar surface area (TPSA) is 66.0 Å². The van der Waals surface area contributed by atoms with Crippen LogP contribution in [0, 0.1) is 5.82 Å². The average Bonchev–Trinajstić information content (AvgIpc) is 2.66. The molecule has 2 aromatic carbocycles. The van der Waals surface area contributed by atoms with Crippen LogP contribution >= 0.6 is 7.60 Å². The number of anilines is 1. The van der Waals surface area contributed by atoms with Gasteiger partial charge >= 0.3 is 7.60 Å². The largest absolute Gasteiger partial charge is 0.497 e. The van der Waals surface area contributed by atoms with Gasteiger partial charge in [0.2, 0.25) is 0 Å². The van der Waals surface area contributed by atoms with E-state index in [1.807, 2.05) is 0 Å². The summed E-state index contributed by atoms with van der Waals surface area (Å²) in [5.74, 6) is -0.284. The maximum Gasteiger partial charge on any atom is 0.357 e. The highest BCUT2D eigenvalue weighted by Gasteiger charge is 2.39. The first-order valence-corrected chi connectivity index (χ1v) is 10.2. The van der Waals surface area contributed by atoms with Gasteiger partial charge in [0, 0.05) is 17.3 Å². The number of hydrogen-bond donors (Lipinski definition) is 1. The number of halogens is 1. The monoisotopic (exact) mass is 397 g/mol. The maximum absolute atomic E-state index is 13.6. The first-order chi connectivity index (χ1) is 13.0. The Morgan fingerprint density at radius 2 is 1.74 bits per heavy atom. The summed E-state index contributed by atoms with van der Waals surface area (Å²) >= 11 is 0. The minimum Gasteiger partial charge on any atom is -0.497 e. The summed E-state index contributed by atoms with van der Waals surface area (Å²) in [6.45, 7) is 3.85. The van der Waals surface area contributed by atoms with Gasteiger partial charge in [0.05, 0.1) is 27.4 Å². The summed E-state index contributed by atoms with van der Waals surface area (Å²) in [4.78, 5) is 0. The number of hydrogen-bond acceptors (Lipinski definition) is 6. The molecule has 0 heterocycles. The second-order valence-electron chi connectivity index (χ2n) is 5.54. The number of methoxy groups -OCH3 is 2. The lowest BCUT2D eigenvalue weighted by Gasteiger charge is -2.29. The van der Waals surface area contributed by atoms with Crippen LogP contribution in [0.15, 0.2) is 42.5 Å². The third-order valence-electron chi connectivity index (χ3n) is 3.80. The number of ether oxygens (including phenoxy) is 2. The van der Waals surface area contributed by atoms with Crippen LogP contribution in [0.1, 0.15) is 25.2 Å². The Kier molecular flexibility index (Phi) is 7.66. The molecule has 1 atom stereocenters. The van der Waals surface area contributed by atoms with Gasteiger partial charge in [-0.15, -0.1) is 0 Å². The molecule has 2 aromatic rings. The van der Waals surface area contributed by atoms with Crippen LogP contribution in [0.4, 0.5) is 10.1 Å². The quantitative estimate of drug-likeness (QED) is 0.555. The van der Waals surface area contributed by atoms with Gasteiger partial charge in [-0.3, -0.25) is 4.57 Å². The molecule has 2 rings (SSSR count). The van der Waals surface area contributed by atoms with Gasteiger partial charge in [-0.25, -0.2) is 4.39 Å². The fourth-order valence-corrected chi connectivity index (χ4v) is 4.61. The Balaban J connectivity index is 2.56. The van der Waals surface area contributed by atoms with Crippen molar-refractivity contribution in [2.75, 3.05) is 32.8 Å². The zero-order chi connectivity index (χ0) is 19.9. The van der Waals surface area contributed by atoms with Gasteiger partial charge in [0.1, 0.15) is 17.3 Å². The third-order valence-corrected chi connectivity index (χ3v) is 6.07. The predicted octanol–water partition coefficient (Wildman–Crippen LogP) is 5.22. The highest BCUT2D eigenvalue weighted by Crippen LogP contribution is 2.62. The van der Waals surface area contributed by atoms with Gasteiger partial charge < -0.3 is 23.8 Å². The van der Waals surface area contributed by atoms with E-state index in [1.54, 1.807) is 51.3 Å². The molecule has 27 heavy (non-hydrogen) atoms. The van der Waals surface area contributed by atoms with Crippen molar-refractivity contribution in [3.63, 3.8) is 0 Å². The van der Waals surface area contributed by atoms with Crippen LogP contribution in [0.25, 0.3) is 0 Å².